The topological polar surface area (TPSA) is 72.9 Å². The van der Waals surface area contributed by atoms with Crippen LogP contribution in [0.5, 0.6) is 0 Å². The van der Waals surface area contributed by atoms with E-state index in [1.807, 2.05) is 6.92 Å². The Hall–Kier alpha value is -2.44. The monoisotopic (exact) mass is 308 g/mol. The zero-order valence-electron chi connectivity index (χ0n) is 12.7. The van der Waals surface area contributed by atoms with E-state index < -0.39 is 6.55 Å². The number of aryl methyl sites for hydroxylation is 2. The Bertz CT molecular complexity index is 710. The lowest BCUT2D eigenvalue weighted by molar-refractivity contribution is -0.115. The van der Waals surface area contributed by atoms with Gasteiger partial charge in [0.25, 0.3) is 0 Å². The van der Waals surface area contributed by atoms with Crippen molar-refractivity contribution >= 4 is 17.3 Å². The number of amides is 1. The van der Waals surface area contributed by atoms with Crippen LogP contribution in [0.25, 0.3) is 0 Å². The number of nitrogens with one attached hydrogen (secondary N) is 1. The first-order valence-electron chi connectivity index (χ1n) is 6.78. The van der Waals surface area contributed by atoms with Gasteiger partial charge in [-0.25, -0.2) is 4.68 Å². The Morgan fingerprint density at radius 3 is 2.64 bits per heavy atom. The number of halogens is 2. The Morgan fingerprint density at radius 1 is 1.36 bits per heavy atom. The molecule has 118 valence electrons. The Labute approximate surface area is 127 Å². The molecule has 7 heteroatoms. The van der Waals surface area contributed by atoms with Gasteiger partial charge in [0.15, 0.2) is 0 Å². The van der Waals surface area contributed by atoms with E-state index in [4.69, 9.17) is 5.73 Å². The number of carbonyl (C=O) groups is 1. The normalized spacial score (nSPS) is 11.0. The van der Waals surface area contributed by atoms with E-state index in [-0.39, 0.29) is 12.3 Å². The number of nitrogens with zero attached hydrogens (tertiary/aromatic N) is 2. The molecule has 0 aliphatic carbocycles. The molecular formula is C15H18F2N4O. The molecule has 0 aliphatic heterocycles. The number of anilines is 2. The highest BCUT2D eigenvalue weighted by Crippen LogP contribution is 2.21. The molecule has 0 bridgehead atoms. The fraction of sp³-hybridized carbons (Fsp3) is 0.333. The minimum absolute atomic E-state index is 0.0153. The second-order valence-electron chi connectivity index (χ2n) is 5.17. The summed E-state index contributed by atoms with van der Waals surface area (Å²) in [5.41, 5.74) is 8.96. The number of aromatic nitrogens is 2. The molecule has 0 aliphatic rings. The van der Waals surface area contributed by atoms with E-state index in [1.165, 1.54) is 6.92 Å². The quantitative estimate of drug-likeness (QED) is 0.853. The average Bonchev–Trinajstić information content (AvgIpc) is 2.71. The maximum atomic E-state index is 12.8. The fourth-order valence-electron chi connectivity index (χ4n) is 2.27. The predicted octanol–water partition coefficient (Wildman–Crippen LogP) is 2.97. The van der Waals surface area contributed by atoms with Gasteiger partial charge in [-0.05, 0) is 38.5 Å². The highest BCUT2D eigenvalue weighted by Gasteiger charge is 2.19. The van der Waals surface area contributed by atoms with Crippen molar-refractivity contribution in [1.82, 2.24) is 9.78 Å². The van der Waals surface area contributed by atoms with Crippen molar-refractivity contribution in [3.05, 3.63) is 40.7 Å². The summed E-state index contributed by atoms with van der Waals surface area (Å²) in [6, 6.07) is 5.21. The van der Waals surface area contributed by atoms with Crippen molar-refractivity contribution in [3.63, 3.8) is 0 Å². The molecule has 0 saturated heterocycles. The number of nitrogen functional groups attached to an aromatic ring is 1. The molecule has 0 atom stereocenters. The third kappa shape index (κ3) is 3.24. The van der Waals surface area contributed by atoms with Gasteiger partial charge in [-0.2, -0.15) is 13.9 Å². The van der Waals surface area contributed by atoms with Crippen LogP contribution in [0, 0.1) is 20.8 Å². The van der Waals surface area contributed by atoms with Crippen LogP contribution in [0.3, 0.4) is 0 Å². The van der Waals surface area contributed by atoms with Gasteiger partial charge in [-0.15, -0.1) is 0 Å². The van der Waals surface area contributed by atoms with Crippen LogP contribution in [-0.2, 0) is 11.2 Å². The molecule has 0 fully saturated rings. The van der Waals surface area contributed by atoms with Crippen LogP contribution >= 0.6 is 0 Å². The van der Waals surface area contributed by atoms with Gasteiger partial charge < -0.3 is 11.1 Å². The van der Waals surface area contributed by atoms with E-state index in [2.05, 4.69) is 10.4 Å². The number of benzene rings is 1. The van der Waals surface area contributed by atoms with Gasteiger partial charge in [-0.1, -0.05) is 6.07 Å². The van der Waals surface area contributed by atoms with Crippen LogP contribution in [0.4, 0.5) is 20.2 Å². The zero-order chi connectivity index (χ0) is 16.4. The standard InChI is InChI=1S/C15H18F2N4O/c1-8-4-5-11(18)6-13(8)19-14(22)7-12-9(2)20-21(10(12)3)15(16)17/h4-6,15H,7,18H2,1-3H3,(H,19,22). The largest absolute Gasteiger partial charge is 0.399 e. The number of nitrogens with two attached hydrogens (primary N) is 1. The van der Waals surface area contributed by atoms with Crippen molar-refractivity contribution in [1.29, 1.82) is 0 Å². The lowest BCUT2D eigenvalue weighted by Crippen LogP contribution is -2.16. The first kappa shape index (κ1) is 15.9. The molecule has 0 radical (unpaired) electrons. The summed E-state index contributed by atoms with van der Waals surface area (Å²) in [6.45, 7) is 2.27. The summed E-state index contributed by atoms with van der Waals surface area (Å²) in [5, 5.41) is 6.52. The van der Waals surface area contributed by atoms with Gasteiger partial charge in [0.1, 0.15) is 0 Å². The van der Waals surface area contributed by atoms with Crippen LogP contribution in [0.1, 0.15) is 29.1 Å². The second-order valence-corrected chi connectivity index (χ2v) is 5.17. The number of rotatable bonds is 4. The highest BCUT2D eigenvalue weighted by atomic mass is 19.3. The molecule has 0 spiro atoms. The molecular weight excluding hydrogens is 290 g/mol. The van der Waals surface area contributed by atoms with Crippen LogP contribution in [0.2, 0.25) is 0 Å². The third-order valence-corrected chi connectivity index (χ3v) is 3.53. The number of hydrogen-bond acceptors (Lipinski definition) is 3. The van der Waals surface area contributed by atoms with E-state index in [0.717, 1.165) is 5.56 Å². The molecule has 1 aromatic carbocycles. The van der Waals surface area contributed by atoms with Crippen LogP contribution in [0.15, 0.2) is 18.2 Å². The van der Waals surface area contributed by atoms with Crippen LogP contribution in [-0.4, -0.2) is 15.7 Å². The minimum Gasteiger partial charge on any atom is -0.399 e. The molecule has 2 aromatic rings. The summed E-state index contributed by atoms with van der Waals surface area (Å²) in [4.78, 5) is 12.2. The highest BCUT2D eigenvalue weighted by molar-refractivity contribution is 5.93. The summed E-state index contributed by atoms with van der Waals surface area (Å²) >= 11 is 0. The van der Waals surface area contributed by atoms with E-state index in [0.29, 0.717) is 33.0 Å². The minimum atomic E-state index is -2.72. The third-order valence-electron chi connectivity index (χ3n) is 3.53. The summed E-state index contributed by atoms with van der Waals surface area (Å²) in [7, 11) is 0. The summed E-state index contributed by atoms with van der Waals surface area (Å²) in [5.74, 6) is -0.297. The van der Waals surface area contributed by atoms with Gasteiger partial charge in [0.2, 0.25) is 5.91 Å². The van der Waals surface area contributed by atoms with Gasteiger partial charge in [0.05, 0.1) is 12.1 Å². The molecule has 1 aromatic heterocycles. The lowest BCUT2D eigenvalue weighted by atomic mass is 10.1. The predicted molar refractivity (Wildman–Crippen MR) is 80.9 cm³/mol. The molecule has 0 saturated carbocycles. The fourth-order valence-corrected chi connectivity index (χ4v) is 2.27. The van der Waals surface area contributed by atoms with E-state index >= 15 is 0 Å². The second kappa shape index (κ2) is 6.13. The Balaban J connectivity index is 2.18. The SMILES string of the molecule is Cc1ccc(N)cc1NC(=O)Cc1c(C)nn(C(F)F)c1C. The van der Waals surface area contributed by atoms with Crippen molar-refractivity contribution < 1.29 is 13.6 Å². The van der Waals surface area contributed by atoms with E-state index in [9.17, 15) is 13.6 Å². The van der Waals surface area contributed by atoms with Crippen LogP contribution < -0.4 is 11.1 Å². The van der Waals surface area contributed by atoms with E-state index in [1.54, 1.807) is 25.1 Å². The summed E-state index contributed by atoms with van der Waals surface area (Å²) in [6.07, 6.45) is -0.0153. The number of hydrogen-bond donors (Lipinski definition) is 2. The maximum Gasteiger partial charge on any atom is 0.333 e. The smallest absolute Gasteiger partial charge is 0.333 e. The van der Waals surface area contributed by atoms with Crippen molar-refractivity contribution in [3.8, 4) is 0 Å². The molecule has 2 rings (SSSR count). The first-order chi connectivity index (χ1) is 10.3. The molecule has 0 unspecified atom stereocenters. The van der Waals surface area contributed by atoms with Crippen molar-refractivity contribution in [2.45, 2.75) is 33.7 Å². The van der Waals surface area contributed by atoms with Gasteiger partial charge in [0, 0.05) is 22.6 Å². The molecule has 1 heterocycles. The first-order valence-corrected chi connectivity index (χ1v) is 6.78. The molecule has 5 nitrogen and oxygen atoms in total. The molecule has 22 heavy (non-hydrogen) atoms. The molecule has 3 N–H and O–H groups in total. The summed E-state index contributed by atoms with van der Waals surface area (Å²) < 4.78 is 26.2. The molecule has 1 amide bonds. The number of carbonyl (C=O) groups excluding carboxylic acids is 1. The van der Waals surface area contributed by atoms with Crippen molar-refractivity contribution in [2.75, 3.05) is 11.1 Å². The Kier molecular flexibility index (Phi) is 4.44. The Morgan fingerprint density at radius 2 is 2.05 bits per heavy atom. The zero-order valence-corrected chi connectivity index (χ0v) is 12.7. The van der Waals surface area contributed by atoms with Gasteiger partial charge >= 0.3 is 6.55 Å². The maximum absolute atomic E-state index is 12.8. The van der Waals surface area contributed by atoms with Crippen molar-refractivity contribution in [2.24, 2.45) is 0 Å². The lowest BCUT2D eigenvalue weighted by Gasteiger charge is -2.09. The average molecular weight is 308 g/mol. The van der Waals surface area contributed by atoms with Gasteiger partial charge in [-0.3, -0.25) is 4.79 Å². The number of alkyl halides is 2.